The average Bonchev–Trinajstić information content (AvgIpc) is 2.98. The summed E-state index contributed by atoms with van der Waals surface area (Å²) in [4.78, 5) is 17.9. The van der Waals surface area contributed by atoms with E-state index in [1.54, 1.807) is 6.33 Å². The normalized spacial score (nSPS) is 27.3. The summed E-state index contributed by atoms with van der Waals surface area (Å²) in [7, 11) is 0. The molecule has 0 bridgehead atoms. The van der Waals surface area contributed by atoms with E-state index in [0.29, 0.717) is 11.6 Å². The second-order valence-corrected chi connectivity index (χ2v) is 5.58. The van der Waals surface area contributed by atoms with E-state index >= 15 is 0 Å². The lowest BCUT2D eigenvalue weighted by Crippen LogP contribution is -2.30. The van der Waals surface area contributed by atoms with Crippen LogP contribution in [0.2, 0.25) is 0 Å². The summed E-state index contributed by atoms with van der Waals surface area (Å²) >= 11 is 0. The number of hydrogen-bond donors (Lipinski definition) is 3. The third-order valence-corrected chi connectivity index (χ3v) is 4.22. The topological polar surface area (TPSA) is 110 Å². The highest BCUT2D eigenvalue weighted by Crippen LogP contribution is 2.42. The lowest BCUT2D eigenvalue weighted by atomic mass is 9.99. The van der Waals surface area contributed by atoms with E-state index in [9.17, 15) is 0 Å². The molecule has 4 rings (SSSR count). The highest BCUT2D eigenvalue weighted by molar-refractivity contribution is 5.84. The first-order chi connectivity index (χ1) is 9.22. The first kappa shape index (κ1) is 11.0. The quantitative estimate of drug-likeness (QED) is 0.706. The molecule has 0 aromatic carbocycles. The number of imidazole rings is 1. The van der Waals surface area contributed by atoms with Crippen molar-refractivity contribution in [3.05, 3.63) is 6.33 Å². The van der Waals surface area contributed by atoms with Gasteiger partial charge in [-0.2, -0.15) is 9.97 Å². The van der Waals surface area contributed by atoms with Gasteiger partial charge in [0.25, 0.3) is 0 Å². The molecule has 1 aliphatic heterocycles. The molecule has 0 amide bonds. The summed E-state index contributed by atoms with van der Waals surface area (Å²) in [6.07, 6.45) is 4.26. The highest BCUT2D eigenvalue weighted by atomic mass is 15.3. The second kappa shape index (κ2) is 3.80. The predicted molar refractivity (Wildman–Crippen MR) is 72.5 cm³/mol. The van der Waals surface area contributed by atoms with Crippen molar-refractivity contribution < 1.29 is 0 Å². The molecule has 0 radical (unpaired) electrons. The molecule has 2 atom stereocenters. The van der Waals surface area contributed by atoms with Crippen LogP contribution in [0.1, 0.15) is 12.8 Å². The number of rotatable bonds is 2. The SMILES string of the molecule is Nc1nc(N2C[C@H](C3CC3)[C@@H](N)C2)c2[nH]cnc2n1. The van der Waals surface area contributed by atoms with Crippen LogP contribution in [0.25, 0.3) is 11.2 Å². The smallest absolute Gasteiger partial charge is 0.224 e. The number of aromatic amines is 1. The van der Waals surface area contributed by atoms with Crippen molar-refractivity contribution >= 4 is 22.9 Å². The molecule has 3 heterocycles. The van der Waals surface area contributed by atoms with Gasteiger partial charge in [0.1, 0.15) is 5.52 Å². The minimum Gasteiger partial charge on any atom is -0.368 e. The Labute approximate surface area is 110 Å². The molecule has 0 spiro atoms. The van der Waals surface area contributed by atoms with Crippen molar-refractivity contribution in [3.8, 4) is 0 Å². The number of nitrogens with zero attached hydrogens (tertiary/aromatic N) is 4. The molecule has 19 heavy (non-hydrogen) atoms. The van der Waals surface area contributed by atoms with E-state index in [1.165, 1.54) is 12.8 Å². The largest absolute Gasteiger partial charge is 0.368 e. The third kappa shape index (κ3) is 1.73. The summed E-state index contributed by atoms with van der Waals surface area (Å²) in [5, 5.41) is 0. The van der Waals surface area contributed by atoms with Crippen LogP contribution in [0.3, 0.4) is 0 Å². The van der Waals surface area contributed by atoms with Gasteiger partial charge in [-0.1, -0.05) is 0 Å². The Bertz CT molecular complexity index is 618. The van der Waals surface area contributed by atoms with Crippen LogP contribution in [-0.2, 0) is 0 Å². The maximum Gasteiger partial charge on any atom is 0.224 e. The van der Waals surface area contributed by atoms with E-state index in [1.807, 2.05) is 0 Å². The standard InChI is InChI=1S/C12H17N7/c13-8-4-19(3-7(8)6-1-2-6)11-9-10(16-5-15-9)17-12(14)18-11/h5-8H,1-4,13H2,(H3,14,15,16,17,18)/t7-,8+/m1/s1. The number of nitrogen functional groups attached to an aromatic ring is 1. The Morgan fingerprint density at radius 3 is 2.89 bits per heavy atom. The minimum atomic E-state index is 0.224. The van der Waals surface area contributed by atoms with Crippen molar-refractivity contribution in [2.45, 2.75) is 18.9 Å². The van der Waals surface area contributed by atoms with Crippen LogP contribution < -0.4 is 16.4 Å². The summed E-state index contributed by atoms with van der Waals surface area (Å²) in [6, 6.07) is 0.224. The molecule has 1 saturated carbocycles. The molecule has 7 heteroatoms. The van der Waals surface area contributed by atoms with Gasteiger partial charge in [0.2, 0.25) is 5.95 Å². The summed E-state index contributed by atoms with van der Waals surface area (Å²) in [5.41, 5.74) is 13.5. The molecule has 0 unspecified atom stereocenters. The number of anilines is 2. The van der Waals surface area contributed by atoms with Gasteiger partial charge in [-0.3, -0.25) is 0 Å². The predicted octanol–water partition coefficient (Wildman–Crippen LogP) is 0.109. The van der Waals surface area contributed by atoms with Gasteiger partial charge in [0.15, 0.2) is 11.5 Å². The fraction of sp³-hybridized carbons (Fsp3) is 0.583. The van der Waals surface area contributed by atoms with Crippen LogP contribution >= 0.6 is 0 Å². The molecule has 7 nitrogen and oxygen atoms in total. The lowest BCUT2D eigenvalue weighted by Gasteiger charge is -2.17. The average molecular weight is 259 g/mol. The van der Waals surface area contributed by atoms with Gasteiger partial charge >= 0.3 is 0 Å². The van der Waals surface area contributed by atoms with E-state index < -0.39 is 0 Å². The molecule has 2 fully saturated rings. The Balaban J connectivity index is 1.72. The summed E-state index contributed by atoms with van der Waals surface area (Å²) < 4.78 is 0. The monoisotopic (exact) mass is 259 g/mol. The zero-order chi connectivity index (χ0) is 13.0. The van der Waals surface area contributed by atoms with Gasteiger partial charge in [0, 0.05) is 19.1 Å². The van der Waals surface area contributed by atoms with Gasteiger partial charge in [-0.05, 0) is 24.7 Å². The van der Waals surface area contributed by atoms with Crippen molar-refractivity contribution in [3.63, 3.8) is 0 Å². The van der Waals surface area contributed by atoms with Crippen molar-refractivity contribution in [2.75, 3.05) is 23.7 Å². The highest BCUT2D eigenvalue weighted by Gasteiger charge is 2.41. The van der Waals surface area contributed by atoms with Crippen LogP contribution in [0.4, 0.5) is 11.8 Å². The maximum atomic E-state index is 6.26. The Hall–Kier alpha value is -1.89. The van der Waals surface area contributed by atoms with Gasteiger partial charge in [-0.15, -0.1) is 0 Å². The summed E-state index contributed by atoms with van der Waals surface area (Å²) in [5.74, 6) is 2.47. The molecular weight excluding hydrogens is 242 g/mol. The first-order valence-corrected chi connectivity index (χ1v) is 6.69. The van der Waals surface area contributed by atoms with E-state index in [4.69, 9.17) is 11.5 Å². The lowest BCUT2D eigenvalue weighted by molar-refractivity contribution is 0.456. The summed E-state index contributed by atoms with van der Waals surface area (Å²) in [6.45, 7) is 1.78. The number of hydrogen-bond acceptors (Lipinski definition) is 6. The van der Waals surface area contributed by atoms with Crippen molar-refractivity contribution in [1.29, 1.82) is 0 Å². The van der Waals surface area contributed by atoms with Crippen molar-refractivity contribution in [1.82, 2.24) is 19.9 Å². The molecule has 5 N–H and O–H groups in total. The fourth-order valence-electron chi connectivity index (χ4n) is 3.11. The van der Waals surface area contributed by atoms with Crippen molar-refractivity contribution in [2.24, 2.45) is 17.6 Å². The molecule has 1 aliphatic carbocycles. The van der Waals surface area contributed by atoms with E-state index in [2.05, 4.69) is 24.8 Å². The molecule has 2 aromatic rings. The number of aromatic nitrogens is 4. The van der Waals surface area contributed by atoms with Gasteiger partial charge in [0.05, 0.1) is 6.33 Å². The molecule has 1 saturated heterocycles. The second-order valence-electron chi connectivity index (χ2n) is 5.58. The first-order valence-electron chi connectivity index (χ1n) is 6.69. The number of nitrogens with two attached hydrogens (primary N) is 2. The van der Waals surface area contributed by atoms with Crippen LogP contribution in [0, 0.1) is 11.8 Å². The number of nitrogens with one attached hydrogen (secondary N) is 1. The molecule has 2 aliphatic rings. The fourth-order valence-corrected chi connectivity index (χ4v) is 3.11. The zero-order valence-electron chi connectivity index (χ0n) is 10.6. The van der Waals surface area contributed by atoms with Crippen LogP contribution in [0.5, 0.6) is 0 Å². The van der Waals surface area contributed by atoms with Crippen LogP contribution in [-0.4, -0.2) is 39.1 Å². The van der Waals surface area contributed by atoms with Crippen LogP contribution in [0.15, 0.2) is 6.33 Å². The van der Waals surface area contributed by atoms with E-state index in [0.717, 1.165) is 30.3 Å². The number of H-pyrrole nitrogens is 1. The van der Waals surface area contributed by atoms with E-state index in [-0.39, 0.29) is 12.0 Å². The molecular formula is C12H17N7. The zero-order valence-corrected chi connectivity index (χ0v) is 10.6. The van der Waals surface area contributed by atoms with Gasteiger partial charge in [-0.25, -0.2) is 4.98 Å². The van der Waals surface area contributed by atoms with Gasteiger partial charge < -0.3 is 21.4 Å². The number of fused-ring (bicyclic) bond motifs is 1. The Kier molecular flexibility index (Phi) is 2.20. The Morgan fingerprint density at radius 1 is 1.26 bits per heavy atom. The minimum absolute atomic E-state index is 0.224. The maximum absolute atomic E-state index is 6.26. The Morgan fingerprint density at radius 2 is 2.11 bits per heavy atom. The third-order valence-electron chi connectivity index (χ3n) is 4.22. The molecule has 2 aromatic heterocycles. The molecule has 100 valence electrons.